The Morgan fingerprint density at radius 1 is 1.53 bits per heavy atom. The third-order valence-corrected chi connectivity index (χ3v) is 3.74. The predicted molar refractivity (Wildman–Crippen MR) is 58.8 cm³/mol. The summed E-state index contributed by atoms with van der Waals surface area (Å²) in [5, 5.41) is 0. The van der Waals surface area contributed by atoms with Gasteiger partial charge in [0.2, 0.25) is 0 Å². The lowest BCUT2D eigenvalue weighted by Crippen LogP contribution is -2.45. The molecule has 0 aliphatic carbocycles. The summed E-state index contributed by atoms with van der Waals surface area (Å²) >= 11 is 0. The highest BCUT2D eigenvalue weighted by molar-refractivity contribution is 5.84. The van der Waals surface area contributed by atoms with Crippen molar-refractivity contribution >= 4 is 5.78 Å². The van der Waals surface area contributed by atoms with Crippen LogP contribution in [0.4, 0.5) is 0 Å². The van der Waals surface area contributed by atoms with Crippen molar-refractivity contribution in [2.24, 2.45) is 5.41 Å². The second-order valence-electron chi connectivity index (χ2n) is 5.30. The van der Waals surface area contributed by atoms with Crippen molar-refractivity contribution in [2.75, 3.05) is 19.8 Å². The second-order valence-corrected chi connectivity index (χ2v) is 5.30. The molecule has 1 unspecified atom stereocenters. The molecule has 15 heavy (non-hydrogen) atoms. The van der Waals surface area contributed by atoms with Crippen LogP contribution in [-0.2, 0) is 9.53 Å². The summed E-state index contributed by atoms with van der Waals surface area (Å²) in [5.41, 5.74) is 0.305. The maximum absolute atomic E-state index is 11.9. The summed E-state index contributed by atoms with van der Waals surface area (Å²) in [7, 11) is 0. The smallest absolute Gasteiger partial charge is 0.149 e. The van der Waals surface area contributed by atoms with Crippen LogP contribution >= 0.6 is 0 Å². The lowest BCUT2D eigenvalue weighted by Gasteiger charge is -2.38. The van der Waals surface area contributed by atoms with Gasteiger partial charge in [0.25, 0.3) is 0 Å². The van der Waals surface area contributed by atoms with E-state index in [2.05, 4.69) is 18.7 Å². The fourth-order valence-electron chi connectivity index (χ4n) is 2.77. The molecular formula is C12H21NO2. The van der Waals surface area contributed by atoms with E-state index in [0.29, 0.717) is 23.7 Å². The van der Waals surface area contributed by atoms with Gasteiger partial charge in [-0.15, -0.1) is 0 Å². The average Bonchev–Trinajstić information content (AvgIpc) is 2.56. The van der Waals surface area contributed by atoms with Gasteiger partial charge in [0, 0.05) is 24.4 Å². The molecule has 1 atom stereocenters. The third kappa shape index (κ3) is 1.83. The van der Waals surface area contributed by atoms with E-state index in [-0.39, 0.29) is 6.04 Å². The first kappa shape index (κ1) is 11.1. The molecule has 2 fully saturated rings. The van der Waals surface area contributed by atoms with E-state index in [9.17, 15) is 4.79 Å². The average molecular weight is 211 g/mol. The zero-order valence-electron chi connectivity index (χ0n) is 9.95. The quantitative estimate of drug-likeness (QED) is 0.708. The van der Waals surface area contributed by atoms with E-state index in [1.807, 2.05) is 6.92 Å². The van der Waals surface area contributed by atoms with Gasteiger partial charge in [-0.2, -0.15) is 0 Å². The predicted octanol–water partition coefficient (Wildman–Crippen LogP) is 1.46. The van der Waals surface area contributed by atoms with Gasteiger partial charge in [-0.3, -0.25) is 9.69 Å². The molecule has 0 bridgehead atoms. The minimum absolute atomic E-state index is 0.152. The van der Waals surface area contributed by atoms with Crippen molar-refractivity contribution in [3.63, 3.8) is 0 Å². The number of hydrogen-bond donors (Lipinski definition) is 0. The summed E-state index contributed by atoms with van der Waals surface area (Å²) in [6, 6.07) is 0.615. The number of carbonyl (C=O) groups is 1. The summed E-state index contributed by atoms with van der Waals surface area (Å²) < 4.78 is 5.31. The molecule has 0 aromatic carbocycles. The number of hydrogen-bond acceptors (Lipinski definition) is 3. The first-order chi connectivity index (χ1) is 7.08. The summed E-state index contributed by atoms with van der Waals surface area (Å²) in [4.78, 5) is 14.2. The Morgan fingerprint density at radius 3 is 2.60 bits per heavy atom. The Hall–Kier alpha value is -0.410. The molecule has 3 heteroatoms. The Morgan fingerprint density at radius 2 is 2.20 bits per heavy atom. The second kappa shape index (κ2) is 3.87. The van der Waals surface area contributed by atoms with E-state index in [0.717, 1.165) is 26.2 Å². The van der Waals surface area contributed by atoms with Gasteiger partial charge >= 0.3 is 0 Å². The molecule has 0 aromatic rings. The molecule has 0 saturated carbocycles. The van der Waals surface area contributed by atoms with Crippen LogP contribution in [0.15, 0.2) is 0 Å². The Kier molecular flexibility index (Phi) is 2.86. The Bertz CT molecular complexity index is 258. The molecular weight excluding hydrogens is 190 g/mol. The first-order valence-electron chi connectivity index (χ1n) is 5.94. The number of rotatable bonds is 3. The van der Waals surface area contributed by atoms with Crippen LogP contribution in [0.5, 0.6) is 0 Å². The van der Waals surface area contributed by atoms with E-state index in [1.54, 1.807) is 0 Å². The van der Waals surface area contributed by atoms with E-state index >= 15 is 0 Å². The number of Topliss-reactive ketones (excluding diaryl/α,β-unsaturated/α-hetero) is 1. The highest BCUT2D eigenvalue weighted by Crippen LogP contribution is 2.42. The van der Waals surface area contributed by atoms with Crippen LogP contribution in [0.25, 0.3) is 0 Å². The lowest BCUT2D eigenvalue weighted by atomic mass is 9.83. The standard InChI is InChI=1S/C12H21NO2/c1-4-11(14)10-5-12(7-15-8-12)6-13(10)9(2)3/h9-10H,4-8H2,1-3H3. The highest BCUT2D eigenvalue weighted by atomic mass is 16.5. The molecule has 0 radical (unpaired) electrons. The SMILES string of the molecule is CCC(=O)C1CC2(COC2)CN1C(C)C. The van der Waals surface area contributed by atoms with E-state index in [1.165, 1.54) is 0 Å². The minimum Gasteiger partial charge on any atom is -0.380 e. The molecule has 2 rings (SSSR count). The number of likely N-dealkylation sites (tertiary alicyclic amines) is 1. The van der Waals surface area contributed by atoms with E-state index in [4.69, 9.17) is 4.74 Å². The van der Waals surface area contributed by atoms with Crippen LogP contribution < -0.4 is 0 Å². The monoisotopic (exact) mass is 211 g/mol. The molecule has 2 aliphatic heterocycles. The molecule has 2 heterocycles. The number of ketones is 1. The topological polar surface area (TPSA) is 29.5 Å². The zero-order valence-corrected chi connectivity index (χ0v) is 9.95. The maximum atomic E-state index is 11.9. The normalized spacial score (nSPS) is 29.7. The summed E-state index contributed by atoms with van der Waals surface area (Å²) in [6.45, 7) is 9.06. The molecule has 86 valence electrons. The molecule has 2 aliphatic rings. The maximum Gasteiger partial charge on any atom is 0.149 e. The molecule has 0 amide bonds. The van der Waals surface area contributed by atoms with Crippen molar-refractivity contribution in [3.05, 3.63) is 0 Å². The number of ether oxygens (including phenoxy) is 1. The number of carbonyl (C=O) groups excluding carboxylic acids is 1. The fourth-order valence-corrected chi connectivity index (χ4v) is 2.77. The lowest BCUT2D eigenvalue weighted by molar-refractivity contribution is -0.124. The van der Waals surface area contributed by atoms with Crippen LogP contribution in [0.3, 0.4) is 0 Å². The van der Waals surface area contributed by atoms with Crippen molar-refractivity contribution < 1.29 is 9.53 Å². The van der Waals surface area contributed by atoms with Crippen LogP contribution in [0.2, 0.25) is 0 Å². The minimum atomic E-state index is 0.152. The van der Waals surface area contributed by atoms with Crippen molar-refractivity contribution in [1.82, 2.24) is 4.90 Å². The van der Waals surface area contributed by atoms with Crippen LogP contribution in [0.1, 0.15) is 33.6 Å². The Labute approximate surface area is 91.8 Å². The largest absolute Gasteiger partial charge is 0.380 e. The van der Waals surface area contributed by atoms with Gasteiger partial charge < -0.3 is 4.74 Å². The van der Waals surface area contributed by atoms with E-state index < -0.39 is 0 Å². The fraction of sp³-hybridized carbons (Fsp3) is 0.917. The molecule has 3 nitrogen and oxygen atoms in total. The zero-order chi connectivity index (χ0) is 11.1. The highest BCUT2D eigenvalue weighted by Gasteiger charge is 2.51. The van der Waals surface area contributed by atoms with Gasteiger partial charge in [-0.05, 0) is 20.3 Å². The van der Waals surface area contributed by atoms with Crippen LogP contribution in [0, 0.1) is 5.41 Å². The van der Waals surface area contributed by atoms with Crippen LogP contribution in [-0.4, -0.2) is 42.5 Å². The first-order valence-corrected chi connectivity index (χ1v) is 5.94. The summed E-state index contributed by atoms with van der Waals surface area (Å²) in [5.74, 6) is 0.396. The molecule has 1 spiro atoms. The van der Waals surface area contributed by atoms with Gasteiger partial charge in [-0.25, -0.2) is 0 Å². The van der Waals surface area contributed by atoms with Gasteiger partial charge in [0.15, 0.2) is 0 Å². The summed E-state index contributed by atoms with van der Waals surface area (Å²) in [6.07, 6.45) is 1.67. The van der Waals surface area contributed by atoms with Gasteiger partial charge in [0.1, 0.15) is 5.78 Å². The van der Waals surface area contributed by atoms with Crippen molar-refractivity contribution in [3.8, 4) is 0 Å². The molecule has 2 saturated heterocycles. The third-order valence-electron chi connectivity index (χ3n) is 3.74. The van der Waals surface area contributed by atoms with Crippen molar-refractivity contribution in [1.29, 1.82) is 0 Å². The Balaban J connectivity index is 2.10. The molecule has 0 aromatic heterocycles. The van der Waals surface area contributed by atoms with Gasteiger partial charge in [-0.1, -0.05) is 6.92 Å². The van der Waals surface area contributed by atoms with Crippen molar-refractivity contribution in [2.45, 2.75) is 45.7 Å². The number of nitrogens with zero attached hydrogens (tertiary/aromatic N) is 1. The molecule has 0 N–H and O–H groups in total. The van der Waals surface area contributed by atoms with Gasteiger partial charge in [0.05, 0.1) is 19.3 Å².